The minimum atomic E-state index is 0.0754. The number of hydrogen-bond acceptors (Lipinski definition) is 2. The largest absolute Gasteiger partial charge is 0.497 e. The van der Waals surface area contributed by atoms with E-state index in [-0.39, 0.29) is 6.61 Å². The van der Waals surface area contributed by atoms with Crippen LogP contribution in [-0.4, -0.2) is 18.8 Å². The average molecular weight is 254 g/mol. The SMILES string of the molecule is CC.CC.CC.COc1ccc(/C=C/CO)cc1. The van der Waals surface area contributed by atoms with Crippen molar-refractivity contribution in [1.29, 1.82) is 0 Å². The molecule has 1 aromatic carbocycles. The monoisotopic (exact) mass is 254 g/mol. The molecule has 0 unspecified atom stereocenters. The molecule has 0 spiro atoms. The molecule has 0 radical (unpaired) electrons. The standard InChI is InChI=1S/C10H12O2.3C2H6/c1-12-10-6-4-9(5-7-10)3-2-8-11;3*1-2/h2-7,11H,8H2,1H3;3*1-2H3/b3-2+;;;. The Bertz CT molecular complexity index is 250. The van der Waals surface area contributed by atoms with Crippen molar-refractivity contribution in [2.75, 3.05) is 13.7 Å². The van der Waals surface area contributed by atoms with Gasteiger partial charge >= 0.3 is 0 Å². The second kappa shape index (κ2) is 21.1. The maximum atomic E-state index is 8.52. The van der Waals surface area contributed by atoms with Crippen molar-refractivity contribution in [2.45, 2.75) is 41.5 Å². The summed E-state index contributed by atoms with van der Waals surface area (Å²) in [4.78, 5) is 0. The van der Waals surface area contributed by atoms with E-state index in [9.17, 15) is 0 Å². The highest BCUT2D eigenvalue weighted by atomic mass is 16.5. The Balaban J connectivity index is -0.000000328. The van der Waals surface area contributed by atoms with Gasteiger partial charge < -0.3 is 9.84 Å². The number of aliphatic hydroxyl groups excluding tert-OH is 1. The highest BCUT2D eigenvalue weighted by Gasteiger charge is 1.88. The fraction of sp³-hybridized carbons (Fsp3) is 0.500. The number of rotatable bonds is 3. The highest BCUT2D eigenvalue weighted by molar-refractivity contribution is 5.50. The number of benzene rings is 1. The Hall–Kier alpha value is -1.28. The fourth-order valence-electron chi connectivity index (χ4n) is 0.904. The van der Waals surface area contributed by atoms with Crippen molar-refractivity contribution in [1.82, 2.24) is 0 Å². The molecule has 0 heterocycles. The summed E-state index contributed by atoms with van der Waals surface area (Å²) in [6.07, 6.45) is 3.56. The van der Waals surface area contributed by atoms with Crippen LogP contribution < -0.4 is 4.74 Å². The summed E-state index contributed by atoms with van der Waals surface area (Å²) in [5, 5.41) is 8.52. The molecule has 0 fully saturated rings. The van der Waals surface area contributed by atoms with Crippen LogP contribution in [0.5, 0.6) is 5.75 Å². The van der Waals surface area contributed by atoms with Gasteiger partial charge in [0.25, 0.3) is 0 Å². The molecule has 0 bridgehead atoms. The van der Waals surface area contributed by atoms with Crippen LogP contribution >= 0.6 is 0 Å². The first kappa shape index (κ1) is 21.9. The van der Waals surface area contributed by atoms with Crippen molar-refractivity contribution >= 4 is 6.08 Å². The quantitative estimate of drug-likeness (QED) is 0.841. The minimum Gasteiger partial charge on any atom is -0.497 e. The molecular formula is C16H30O2. The van der Waals surface area contributed by atoms with E-state index in [1.807, 2.05) is 71.9 Å². The molecule has 0 saturated carbocycles. The Kier molecular flexibility index (Phi) is 25.7. The predicted molar refractivity (Wildman–Crippen MR) is 83.2 cm³/mol. The highest BCUT2D eigenvalue weighted by Crippen LogP contribution is 2.11. The molecule has 106 valence electrons. The van der Waals surface area contributed by atoms with Gasteiger partial charge in [-0.25, -0.2) is 0 Å². The lowest BCUT2D eigenvalue weighted by atomic mass is 10.2. The molecule has 2 heteroatoms. The molecule has 0 saturated heterocycles. The maximum Gasteiger partial charge on any atom is 0.118 e. The molecule has 1 rings (SSSR count). The van der Waals surface area contributed by atoms with Gasteiger partial charge in [0, 0.05) is 0 Å². The summed E-state index contributed by atoms with van der Waals surface area (Å²) in [7, 11) is 1.64. The summed E-state index contributed by atoms with van der Waals surface area (Å²) in [5.41, 5.74) is 1.06. The van der Waals surface area contributed by atoms with E-state index >= 15 is 0 Å². The predicted octanol–water partition coefficient (Wildman–Crippen LogP) is 4.78. The number of aliphatic hydroxyl groups is 1. The normalized spacial score (nSPS) is 8.00. The number of methoxy groups -OCH3 is 1. The third-order valence-electron chi connectivity index (χ3n) is 1.53. The summed E-state index contributed by atoms with van der Waals surface area (Å²) in [6, 6.07) is 7.64. The second-order valence-corrected chi connectivity index (χ2v) is 2.36. The maximum absolute atomic E-state index is 8.52. The molecule has 0 aromatic heterocycles. The lowest BCUT2D eigenvalue weighted by molar-refractivity contribution is 0.343. The zero-order valence-electron chi connectivity index (χ0n) is 13.0. The van der Waals surface area contributed by atoms with Crippen molar-refractivity contribution in [3.63, 3.8) is 0 Å². The van der Waals surface area contributed by atoms with Crippen LogP contribution in [-0.2, 0) is 0 Å². The number of ether oxygens (including phenoxy) is 1. The first-order chi connectivity index (χ1) is 8.86. The van der Waals surface area contributed by atoms with E-state index in [4.69, 9.17) is 9.84 Å². The first-order valence-electron chi connectivity index (χ1n) is 6.78. The Labute approximate surface area is 113 Å². The van der Waals surface area contributed by atoms with Crippen LogP contribution in [0.25, 0.3) is 6.08 Å². The third kappa shape index (κ3) is 12.8. The minimum absolute atomic E-state index is 0.0754. The van der Waals surface area contributed by atoms with Crippen molar-refractivity contribution in [2.24, 2.45) is 0 Å². The van der Waals surface area contributed by atoms with Crippen molar-refractivity contribution < 1.29 is 9.84 Å². The molecule has 0 aliphatic heterocycles. The van der Waals surface area contributed by atoms with Gasteiger partial charge in [0.1, 0.15) is 5.75 Å². The molecule has 0 aliphatic rings. The lowest BCUT2D eigenvalue weighted by Crippen LogP contribution is -1.81. The van der Waals surface area contributed by atoms with E-state index in [1.165, 1.54) is 0 Å². The Morgan fingerprint density at radius 3 is 1.72 bits per heavy atom. The van der Waals surface area contributed by atoms with E-state index < -0.39 is 0 Å². The van der Waals surface area contributed by atoms with E-state index in [0.29, 0.717) is 0 Å². The fourth-order valence-corrected chi connectivity index (χ4v) is 0.904. The zero-order chi connectivity index (χ0) is 14.8. The van der Waals surface area contributed by atoms with Crippen molar-refractivity contribution in [3.05, 3.63) is 35.9 Å². The van der Waals surface area contributed by atoms with Gasteiger partial charge in [0.2, 0.25) is 0 Å². The molecule has 0 aliphatic carbocycles. The molecule has 1 N–H and O–H groups in total. The molecule has 0 amide bonds. The summed E-state index contributed by atoms with van der Waals surface area (Å²) >= 11 is 0. The second-order valence-electron chi connectivity index (χ2n) is 2.36. The van der Waals surface area contributed by atoms with Gasteiger partial charge in [0.05, 0.1) is 13.7 Å². The van der Waals surface area contributed by atoms with Gasteiger partial charge in [-0.3, -0.25) is 0 Å². The van der Waals surface area contributed by atoms with Crippen molar-refractivity contribution in [3.8, 4) is 5.75 Å². The van der Waals surface area contributed by atoms with Gasteiger partial charge in [-0.1, -0.05) is 65.8 Å². The van der Waals surface area contributed by atoms with Crippen LogP contribution in [0, 0.1) is 0 Å². The molecule has 2 nitrogen and oxygen atoms in total. The lowest BCUT2D eigenvalue weighted by Gasteiger charge is -1.98. The van der Waals surface area contributed by atoms with Crippen LogP contribution in [0.15, 0.2) is 30.3 Å². The Morgan fingerprint density at radius 2 is 1.39 bits per heavy atom. The third-order valence-corrected chi connectivity index (χ3v) is 1.53. The number of hydrogen-bond donors (Lipinski definition) is 1. The smallest absolute Gasteiger partial charge is 0.118 e. The summed E-state index contributed by atoms with van der Waals surface area (Å²) in [5.74, 6) is 0.844. The zero-order valence-corrected chi connectivity index (χ0v) is 13.0. The van der Waals surface area contributed by atoms with Crippen LogP contribution in [0.4, 0.5) is 0 Å². The van der Waals surface area contributed by atoms with Gasteiger partial charge in [-0.05, 0) is 17.7 Å². The van der Waals surface area contributed by atoms with E-state index in [2.05, 4.69) is 0 Å². The van der Waals surface area contributed by atoms with Gasteiger partial charge in [-0.15, -0.1) is 0 Å². The van der Waals surface area contributed by atoms with Crippen LogP contribution in [0.1, 0.15) is 47.1 Å². The first-order valence-corrected chi connectivity index (χ1v) is 6.78. The van der Waals surface area contributed by atoms with Crippen LogP contribution in [0.2, 0.25) is 0 Å². The molecular weight excluding hydrogens is 224 g/mol. The topological polar surface area (TPSA) is 29.5 Å². The molecule has 18 heavy (non-hydrogen) atoms. The summed E-state index contributed by atoms with van der Waals surface area (Å²) < 4.78 is 5.00. The van der Waals surface area contributed by atoms with Gasteiger partial charge in [-0.2, -0.15) is 0 Å². The summed E-state index contributed by atoms with van der Waals surface area (Å²) in [6.45, 7) is 12.1. The van der Waals surface area contributed by atoms with E-state index in [1.54, 1.807) is 13.2 Å². The molecule has 1 aromatic rings. The van der Waals surface area contributed by atoms with Crippen LogP contribution in [0.3, 0.4) is 0 Å². The average Bonchev–Trinajstić information content (AvgIpc) is 2.51. The molecule has 0 atom stereocenters. The van der Waals surface area contributed by atoms with Gasteiger partial charge in [0.15, 0.2) is 0 Å². The van der Waals surface area contributed by atoms with E-state index in [0.717, 1.165) is 11.3 Å². The Morgan fingerprint density at radius 1 is 0.944 bits per heavy atom.